The van der Waals surface area contributed by atoms with Crippen LogP contribution < -0.4 is 10.7 Å². The Kier molecular flexibility index (Phi) is 4.42. The summed E-state index contributed by atoms with van der Waals surface area (Å²) >= 11 is 0. The van der Waals surface area contributed by atoms with E-state index in [9.17, 15) is 4.79 Å². The minimum Gasteiger partial charge on any atom is -0.324 e. The van der Waals surface area contributed by atoms with Crippen molar-refractivity contribution in [1.82, 2.24) is 0 Å². The van der Waals surface area contributed by atoms with Gasteiger partial charge in [-0.1, -0.05) is 6.07 Å². The highest BCUT2D eigenvalue weighted by Gasteiger charge is 2.04. The summed E-state index contributed by atoms with van der Waals surface area (Å²) in [6.07, 6.45) is 0. The second kappa shape index (κ2) is 6.02. The third kappa shape index (κ3) is 3.62. The fourth-order valence-electron chi connectivity index (χ4n) is 1.24. The molecule has 0 heterocycles. The van der Waals surface area contributed by atoms with E-state index < -0.39 is 0 Å². The zero-order chi connectivity index (χ0) is 13.5. The van der Waals surface area contributed by atoms with Gasteiger partial charge >= 0.3 is 0 Å². The van der Waals surface area contributed by atoms with Crippen molar-refractivity contribution in [3.8, 4) is 12.1 Å². The molecule has 0 atom stereocenters. The second-order valence-electron chi connectivity index (χ2n) is 3.53. The van der Waals surface area contributed by atoms with Crippen LogP contribution in [0, 0.1) is 29.6 Å². The lowest BCUT2D eigenvalue weighted by molar-refractivity contribution is -0.114. The van der Waals surface area contributed by atoms with E-state index in [0.717, 1.165) is 5.56 Å². The van der Waals surface area contributed by atoms with Crippen molar-refractivity contribution in [2.75, 3.05) is 10.7 Å². The number of nitrogens with one attached hydrogen (secondary N) is 2. The van der Waals surface area contributed by atoms with Gasteiger partial charge in [-0.15, -0.1) is 0 Å². The number of anilines is 2. The molecule has 18 heavy (non-hydrogen) atoms. The van der Waals surface area contributed by atoms with E-state index in [2.05, 4.69) is 15.8 Å². The fourth-order valence-corrected chi connectivity index (χ4v) is 1.24. The Hall–Kier alpha value is -2.86. The van der Waals surface area contributed by atoms with Gasteiger partial charge in [0.05, 0.1) is 11.4 Å². The number of hydrazone groups is 1. The number of aryl methyl sites for hydroxylation is 1. The Morgan fingerprint density at radius 2 is 1.94 bits per heavy atom. The van der Waals surface area contributed by atoms with Gasteiger partial charge in [-0.3, -0.25) is 10.2 Å². The lowest BCUT2D eigenvalue weighted by atomic mass is 10.2. The van der Waals surface area contributed by atoms with E-state index in [1.807, 2.05) is 13.0 Å². The molecule has 0 fully saturated rings. The molecule has 0 aliphatic carbocycles. The highest BCUT2D eigenvalue weighted by molar-refractivity contribution is 6.10. The maximum atomic E-state index is 11.0. The molecule has 0 aliphatic rings. The predicted molar refractivity (Wildman–Crippen MR) is 67.8 cm³/mol. The van der Waals surface area contributed by atoms with Crippen molar-refractivity contribution >= 4 is 23.0 Å². The molecule has 90 valence electrons. The van der Waals surface area contributed by atoms with E-state index in [1.54, 1.807) is 24.3 Å². The normalized spacial score (nSPS) is 8.67. The number of hydrogen-bond acceptors (Lipinski definition) is 5. The summed E-state index contributed by atoms with van der Waals surface area (Å²) in [7, 11) is 0. The summed E-state index contributed by atoms with van der Waals surface area (Å²) in [5, 5.41) is 23.4. The van der Waals surface area contributed by atoms with Gasteiger partial charge in [0, 0.05) is 6.92 Å². The number of amides is 1. The van der Waals surface area contributed by atoms with Gasteiger partial charge in [0.15, 0.2) is 0 Å². The van der Waals surface area contributed by atoms with Gasteiger partial charge < -0.3 is 5.32 Å². The molecule has 0 saturated carbocycles. The van der Waals surface area contributed by atoms with Gasteiger partial charge in [0.2, 0.25) is 11.6 Å². The molecule has 6 heteroatoms. The smallest absolute Gasteiger partial charge is 0.237 e. The molecule has 1 aromatic rings. The third-order valence-electron chi connectivity index (χ3n) is 1.99. The first-order chi connectivity index (χ1) is 8.56. The highest BCUT2D eigenvalue weighted by atomic mass is 16.1. The van der Waals surface area contributed by atoms with E-state index >= 15 is 0 Å². The zero-order valence-electron chi connectivity index (χ0n) is 9.98. The molecule has 1 amide bonds. The SMILES string of the molecule is CC(=O)Nc1cc(C)ccc1NN=C(C#N)C#N. The van der Waals surface area contributed by atoms with Gasteiger partial charge in [0.1, 0.15) is 12.1 Å². The van der Waals surface area contributed by atoms with Crippen LogP contribution >= 0.6 is 0 Å². The minimum absolute atomic E-state index is 0.214. The van der Waals surface area contributed by atoms with Crippen LogP contribution in [0.1, 0.15) is 12.5 Å². The van der Waals surface area contributed by atoms with Crippen molar-refractivity contribution < 1.29 is 4.79 Å². The summed E-state index contributed by atoms with van der Waals surface area (Å²) in [4.78, 5) is 11.0. The van der Waals surface area contributed by atoms with E-state index in [-0.39, 0.29) is 11.6 Å². The molecule has 0 unspecified atom stereocenters. The van der Waals surface area contributed by atoms with Gasteiger partial charge in [-0.25, -0.2) is 0 Å². The summed E-state index contributed by atoms with van der Waals surface area (Å²) in [6, 6.07) is 8.55. The first-order valence-electron chi connectivity index (χ1n) is 5.09. The van der Waals surface area contributed by atoms with Crippen LogP contribution in [0.15, 0.2) is 23.3 Å². The van der Waals surface area contributed by atoms with E-state index in [0.29, 0.717) is 11.4 Å². The number of carbonyl (C=O) groups excluding carboxylic acids is 1. The molecule has 1 rings (SSSR count). The van der Waals surface area contributed by atoms with Crippen LogP contribution in [-0.4, -0.2) is 11.6 Å². The number of hydrogen-bond donors (Lipinski definition) is 2. The number of nitrogens with zero attached hydrogens (tertiary/aromatic N) is 3. The summed E-state index contributed by atoms with van der Waals surface area (Å²) in [5.74, 6) is -0.214. The Balaban J connectivity index is 3.03. The largest absolute Gasteiger partial charge is 0.324 e. The van der Waals surface area contributed by atoms with Crippen molar-refractivity contribution in [3.05, 3.63) is 23.8 Å². The molecule has 1 aromatic carbocycles. The Labute approximate surface area is 105 Å². The first kappa shape index (κ1) is 13.2. The molecule has 6 nitrogen and oxygen atoms in total. The molecular formula is C12H11N5O. The van der Waals surface area contributed by atoms with Crippen molar-refractivity contribution in [3.63, 3.8) is 0 Å². The maximum Gasteiger partial charge on any atom is 0.237 e. The Bertz CT molecular complexity index is 561. The van der Waals surface area contributed by atoms with Crippen molar-refractivity contribution in [2.24, 2.45) is 5.10 Å². The van der Waals surface area contributed by atoms with Crippen LogP contribution in [0.2, 0.25) is 0 Å². The zero-order valence-corrected chi connectivity index (χ0v) is 9.98. The summed E-state index contributed by atoms with van der Waals surface area (Å²) in [5.41, 5.74) is 4.31. The van der Waals surface area contributed by atoms with Gasteiger partial charge in [0.25, 0.3) is 0 Å². The van der Waals surface area contributed by atoms with Gasteiger partial charge in [-0.2, -0.15) is 15.6 Å². The minimum atomic E-state index is -0.288. The fraction of sp³-hybridized carbons (Fsp3) is 0.167. The number of carbonyl (C=O) groups is 1. The molecule has 0 spiro atoms. The number of nitriles is 2. The second-order valence-corrected chi connectivity index (χ2v) is 3.53. The quantitative estimate of drug-likeness (QED) is 0.621. The lowest BCUT2D eigenvalue weighted by Crippen LogP contribution is -2.08. The van der Waals surface area contributed by atoms with Crippen LogP contribution in [0.5, 0.6) is 0 Å². The summed E-state index contributed by atoms with van der Waals surface area (Å²) in [6.45, 7) is 3.28. The molecular weight excluding hydrogens is 230 g/mol. The Morgan fingerprint density at radius 1 is 1.28 bits per heavy atom. The molecule has 2 N–H and O–H groups in total. The number of rotatable bonds is 3. The highest BCUT2D eigenvalue weighted by Crippen LogP contribution is 2.23. The molecule has 0 aromatic heterocycles. The van der Waals surface area contributed by atoms with E-state index in [1.165, 1.54) is 6.92 Å². The predicted octanol–water partition coefficient (Wildman–Crippen LogP) is 1.77. The van der Waals surface area contributed by atoms with Crippen LogP contribution in [-0.2, 0) is 4.79 Å². The van der Waals surface area contributed by atoms with Crippen molar-refractivity contribution in [2.45, 2.75) is 13.8 Å². The average Bonchev–Trinajstić information content (AvgIpc) is 2.32. The average molecular weight is 241 g/mol. The summed E-state index contributed by atoms with van der Waals surface area (Å²) < 4.78 is 0. The third-order valence-corrected chi connectivity index (χ3v) is 1.99. The Morgan fingerprint density at radius 3 is 2.50 bits per heavy atom. The first-order valence-corrected chi connectivity index (χ1v) is 5.09. The topological polar surface area (TPSA) is 101 Å². The van der Waals surface area contributed by atoms with Crippen LogP contribution in [0.25, 0.3) is 0 Å². The maximum absolute atomic E-state index is 11.0. The van der Waals surface area contributed by atoms with Gasteiger partial charge in [-0.05, 0) is 24.6 Å². The molecule has 0 aliphatic heterocycles. The monoisotopic (exact) mass is 241 g/mol. The molecule has 0 saturated heterocycles. The van der Waals surface area contributed by atoms with Crippen LogP contribution in [0.4, 0.5) is 11.4 Å². The lowest BCUT2D eigenvalue weighted by Gasteiger charge is -2.09. The molecule has 0 bridgehead atoms. The number of benzene rings is 1. The van der Waals surface area contributed by atoms with E-state index in [4.69, 9.17) is 10.5 Å². The van der Waals surface area contributed by atoms with Crippen molar-refractivity contribution in [1.29, 1.82) is 10.5 Å². The standard InChI is InChI=1S/C12H11N5O/c1-8-3-4-11(12(5-8)15-9(2)18)17-16-10(6-13)7-14/h3-5,17H,1-2H3,(H,15,18). The van der Waals surface area contributed by atoms with Crippen LogP contribution in [0.3, 0.4) is 0 Å². The molecule has 0 radical (unpaired) electrons.